The summed E-state index contributed by atoms with van der Waals surface area (Å²) in [6.45, 7) is 1.32. The molecule has 0 saturated carbocycles. The van der Waals surface area contributed by atoms with Crippen LogP contribution in [0.15, 0.2) is 41.4 Å². The van der Waals surface area contributed by atoms with Crippen LogP contribution in [-0.2, 0) is 11.0 Å². The molecule has 0 N–H and O–H groups in total. The number of thioether (sulfide) groups is 1. The standard InChI is InChI=1S/C19H16F3N3OS/c20-19(21,22)15-10-16(13-6-2-1-3-7-13)24-18(14(15)11-23)27-12-17(26)25-8-4-5-9-25/h1-3,6-7,10H,4-5,8-9,12H2. The Kier molecular flexibility index (Phi) is 5.71. The minimum absolute atomic E-state index is 0.0444. The zero-order valence-electron chi connectivity index (χ0n) is 14.3. The maximum absolute atomic E-state index is 13.5. The van der Waals surface area contributed by atoms with E-state index in [1.165, 1.54) is 0 Å². The number of halogens is 3. The summed E-state index contributed by atoms with van der Waals surface area (Å²) in [5, 5.41) is 9.23. The fraction of sp³-hybridized carbons (Fsp3) is 0.316. The third kappa shape index (κ3) is 4.42. The van der Waals surface area contributed by atoms with Crippen molar-refractivity contribution in [1.82, 2.24) is 9.88 Å². The molecule has 1 saturated heterocycles. The molecular weight excluding hydrogens is 375 g/mol. The molecule has 2 aromatic rings. The molecule has 4 nitrogen and oxygen atoms in total. The van der Waals surface area contributed by atoms with Crippen molar-refractivity contribution in [1.29, 1.82) is 5.26 Å². The van der Waals surface area contributed by atoms with Crippen LogP contribution in [0.2, 0.25) is 0 Å². The maximum Gasteiger partial charge on any atom is 0.417 e. The van der Waals surface area contributed by atoms with Crippen LogP contribution in [0.3, 0.4) is 0 Å². The van der Waals surface area contributed by atoms with Gasteiger partial charge in [0, 0.05) is 18.7 Å². The zero-order valence-corrected chi connectivity index (χ0v) is 15.1. The average Bonchev–Trinajstić information content (AvgIpc) is 3.20. The summed E-state index contributed by atoms with van der Waals surface area (Å²) in [4.78, 5) is 18.2. The highest BCUT2D eigenvalue weighted by Gasteiger charge is 2.36. The Morgan fingerprint density at radius 1 is 1.22 bits per heavy atom. The van der Waals surface area contributed by atoms with Crippen LogP contribution in [0.25, 0.3) is 11.3 Å². The van der Waals surface area contributed by atoms with Gasteiger partial charge in [-0.15, -0.1) is 0 Å². The first-order valence-corrected chi connectivity index (χ1v) is 9.37. The van der Waals surface area contributed by atoms with E-state index in [1.54, 1.807) is 41.3 Å². The monoisotopic (exact) mass is 391 g/mol. The number of carbonyl (C=O) groups is 1. The van der Waals surface area contributed by atoms with Crippen LogP contribution >= 0.6 is 11.8 Å². The van der Waals surface area contributed by atoms with Gasteiger partial charge >= 0.3 is 6.18 Å². The fourth-order valence-electron chi connectivity index (χ4n) is 2.90. The Morgan fingerprint density at radius 2 is 1.89 bits per heavy atom. The molecule has 0 bridgehead atoms. The van der Waals surface area contributed by atoms with Crippen LogP contribution in [0.1, 0.15) is 24.0 Å². The molecule has 140 valence electrons. The SMILES string of the molecule is N#Cc1c(C(F)(F)F)cc(-c2ccccc2)nc1SCC(=O)N1CCCC1. The molecule has 8 heteroatoms. The molecule has 0 atom stereocenters. The summed E-state index contributed by atoms with van der Waals surface area (Å²) in [7, 11) is 0. The first-order valence-electron chi connectivity index (χ1n) is 8.38. The number of hydrogen-bond donors (Lipinski definition) is 0. The first-order chi connectivity index (χ1) is 12.9. The third-order valence-corrected chi connectivity index (χ3v) is 5.22. The lowest BCUT2D eigenvalue weighted by Gasteiger charge is -2.16. The molecule has 1 fully saturated rings. The smallest absolute Gasteiger partial charge is 0.342 e. The van der Waals surface area contributed by atoms with Gasteiger partial charge < -0.3 is 4.90 Å². The Labute approximate surface area is 159 Å². The first kappa shape index (κ1) is 19.2. The Balaban J connectivity index is 1.97. The molecule has 3 rings (SSSR count). The highest BCUT2D eigenvalue weighted by Crippen LogP contribution is 2.38. The van der Waals surface area contributed by atoms with Crippen molar-refractivity contribution in [2.75, 3.05) is 18.8 Å². The molecule has 1 aliphatic heterocycles. The fourth-order valence-corrected chi connectivity index (χ4v) is 3.81. The predicted octanol–water partition coefficient (Wildman–Crippen LogP) is 4.35. The number of pyridine rings is 1. The van der Waals surface area contributed by atoms with Gasteiger partial charge in [0.1, 0.15) is 11.1 Å². The van der Waals surface area contributed by atoms with Crippen molar-refractivity contribution in [2.45, 2.75) is 24.0 Å². The van der Waals surface area contributed by atoms with Gasteiger partial charge in [0.2, 0.25) is 5.91 Å². The van der Waals surface area contributed by atoms with Gasteiger partial charge in [0.05, 0.1) is 22.6 Å². The van der Waals surface area contributed by atoms with Gasteiger partial charge in [0.15, 0.2) is 0 Å². The van der Waals surface area contributed by atoms with Crippen LogP contribution < -0.4 is 0 Å². The Bertz CT molecular complexity index is 872. The van der Waals surface area contributed by atoms with E-state index < -0.39 is 17.3 Å². The number of nitrogens with zero attached hydrogens (tertiary/aromatic N) is 3. The number of likely N-dealkylation sites (tertiary alicyclic amines) is 1. The van der Waals surface area contributed by atoms with E-state index in [0.717, 1.165) is 30.7 Å². The summed E-state index contributed by atoms with van der Waals surface area (Å²) in [5.74, 6) is -0.195. The summed E-state index contributed by atoms with van der Waals surface area (Å²) in [5.41, 5.74) is -0.936. The second kappa shape index (κ2) is 8.01. The normalized spacial score (nSPS) is 14.2. The second-order valence-corrected chi connectivity index (χ2v) is 7.05. The van der Waals surface area contributed by atoms with Crippen molar-refractivity contribution in [3.8, 4) is 17.3 Å². The number of hydrogen-bond acceptors (Lipinski definition) is 4. The summed E-state index contributed by atoms with van der Waals surface area (Å²) >= 11 is 0.881. The summed E-state index contributed by atoms with van der Waals surface area (Å²) in [6, 6.07) is 11.0. The van der Waals surface area contributed by atoms with Crippen LogP contribution in [0, 0.1) is 11.3 Å². The van der Waals surface area contributed by atoms with Crippen molar-refractivity contribution >= 4 is 17.7 Å². The third-order valence-electron chi connectivity index (χ3n) is 4.26. The molecule has 2 heterocycles. The summed E-state index contributed by atoms with van der Waals surface area (Å²) in [6.07, 6.45) is -2.83. The van der Waals surface area contributed by atoms with Gasteiger partial charge in [0.25, 0.3) is 0 Å². The number of carbonyl (C=O) groups excluding carboxylic acids is 1. The van der Waals surface area contributed by atoms with Gasteiger partial charge in [-0.2, -0.15) is 18.4 Å². The topological polar surface area (TPSA) is 57.0 Å². The number of rotatable bonds is 4. The average molecular weight is 391 g/mol. The molecule has 0 aliphatic carbocycles. The number of nitriles is 1. The Hall–Kier alpha value is -2.53. The largest absolute Gasteiger partial charge is 0.417 e. The molecular formula is C19H16F3N3OS. The molecule has 0 spiro atoms. The van der Waals surface area contributed by atoms with Crippen molar-refractivity contribution < 1.29 is 18.0 Å². The molecule has 27 heavy (non-hydrogen) atoms. The molecule has 1 aromatic heterocycles. The van der Waals surface area contributed by atoms with E-state index in [9.17, 15) is 23.2 Å². The molecule has 1 aromatic carbocycles. The molecule has 1 aliphatic rings. The molecule has 0 radical (unpaired) electrons. The van der Waals surface area contributed by atoms with Gasteiger partial charge in [-0.25, -0.2) is 4.98 Å². The van der Waals surface area contributed by atoms with E-state index in [1.807, 2.05) is 0 Å². The number of aromatic nitrogens is 1. The lowest BCUT2D eigenvalue weighted by Crippen LogP contribution is -2.29. The highest BCUT2D eigenvalue weighted by molar-refractivity contribution is 8.00. The van der Waals surface area contributed by atoms with Gasteiger partial charge in [-0.3, -0.25) is 4.79 Å². The minimum Gasteiger partial charge on any atom is -0.342 e. The van der Waals surface area contributed by atoms with E-state index >= 15 is 0 Å². The molecule has 0 unspecified atom stereocenters. The molecule has 1 amide bonds. The van der Waals surface area contributed by atoms with Gasteiger partial charge in [-0.1, -0.05) is 42.1 Å². The van der Waals surface area contributed by atoms with E-state index in [-0.39, 0.29) is 22.4 Å². The van der Waals surface area contributed by atoms with Crippen LogP contribution in [-0.4, -0.2) is 34.6 Å². The van der Waals surface area contributed by atoms with Crippen molar-refractivity contribution in [3.63, 3.8) is 0 Å². The Morgan fingerprint density at radius 3 is 2.48 bits per heavy atom. The van der Waals surface area contributed by atoms with Crippen molar-refractivity contribution in [2.24, 2.45) is 0 Å². The maximum atomic E-state index is 13.5. The van der Waals surface area contributed by atoms with Crippen molar-refractivity contribution in [3.05, 3.63) is 47.5 Å². The van der Waals surface area contributed by atoms with Crippen LogP contribution in [0.4, 0.5) is 13.2 Å². The van der Waals surface area contributed by atoms with Crippen LogP contribution in [0.5, 0.6) is 0 Å². The number of alkyl halides is 3. The number of benzene rings is 1. The highest BCUT2D eigenvalue weighted by atomic mass is 32.2. The van der Waals surface area contributed by atoms with E-state index in [0.29, 0.717) is 18.7 Å². The second-order valence-electron chi connectivity index (χ2n) is 6.09. The zero-order chi connectivity index (χ0) is 19.4. The minimum atomic E-state index is -4.69. The predicted molar refractivity (Wildman–Crippen MR) is 95.9 cm³/mol. The van der Waals surface area contributed by atoms with Gasteiger partial charge in [-0.05, 0) is 18.9 Å². The lowest BCUT2D eigenvalue weighted by molar-refractivity contribution is -0.138. The quantitative estimate of drug-likeness (QED) is 0.727. The summed E-state index contributed by atoms with van der Waals surface area (Å²) < 4.78 is 40.5. The van der Waals surface area contributed by atoms with E-state index in [2.05, 4.69) is 4.98 Å². The van der Waals surface area contributed by atoms with E-state index in [4.69, 9.17) is 0 Å². The number of amides is 1. The lowest BCUT2D eigenvalue weighted by atomic mass is 10.1.